The maximum Gasteiger partial charge on any atom is 0.263 e. The summed E-state index contributed by atoms with van der Waals surface area (Å²) in [6, 6.07) is 13.6. The zero-order valence-corrected chi connectivity index (χ0v) is 11.3. The predicted molar refractivity (Wildman–Crippen MR) is 77.3 cm³/mol. The Balaban J connectivity index is 1.99. The molecule has 0 aliphatic heterocycles. The third kappa shape index (κ3) is 2.32. The zero-order valence-electron chi connectivity index (χ0n) is 10.5. The van der Waals surface area contributed by atoms with Crippen molar-refractivity contribution < 1.29 is 13.9 Å². The van der Waals surface area contributed by atoms with Gasteiger partial charge in [-0.2, -0.15) is 0 Å². The molecule has 0 amide bonds. The molecule has 0 bridgehead atoms. The first-order chi connectivity index (χ1) is 9.66. The molecule has 2 aromatic carbocycles. The summed E-state index contributed by atoms with van der Waals surface area (Å²) < 4.78 is 26.1. The Labute approximate surface area is 119 Å². The van der Waals surface area contributed by atoms with E-state index in [1.54, 1.807) is 23.5 Å². The van der Waals surface area contributed by atoms with Crippen LogP contribution in [0.15, 0.2) is 53.9 Å². The molecule has 4 heteroatoms. The van der Waals surface area contributed by atoms with Gasteiger partial charge >= 0.3 is 0 Å². The predicted octanol–water partition coefficient (Wildman–Crippen LogP) is 4.92. The minimum atomic E-state index is -2.48. The van der Waals surface area contributed by atoms with Gasteiger partial charge in [0.15, 0.2) is 0 Å². The minimum absolute atomic E-state index is 0.0321. The number of aliphatic hydroxyl groups is 1. The van der Waals surface area contributed by atoms with Crippen molar-refractivity contribution >= 4 is 21.4 Å². The second-order valence-corrected chi connectivity index (χ2v) is 5.47. The third-order valence-electron chi connectivity index (χ3n) is 3.31. The van der Waals surface area contributed by atoms with Gasteiger partial charge in [0.2, 0.25) is 0 Å². The van der Waals surface area contributed by atoms with Crippen molar-refractivity contribution in [3.05, 3.63) is 70.6 Å². The van der Waals surface area contributed by atoms with Crippen LogP contribution in [0.4, 0.5) is 8.78 Å². The standard InChI is InChI=1S/C16H12F2OS/c17-16(18)12-6-4-10(5-7-12)14(19)13-3-1-2-11-8-9-20-15(11)13/h1-9,14,16,19H. The number of alkyl halides is 2. The number of hydrogen-bond acceptors (Lipinski definition) is 2. The van der Waals surface area contributed by atoms with E-state index in [0.717, 1.165) is 15.6 Å². The molecule has 1 nitrogen and oxygen atoms in total. The molecule has 0 saturated carbocycles. The highest BCUT2D eigenvalue weighted by Gasteiger charge is 2.15. The topological polar surface area (TPSA) is 20.2 Å². The highest BCUT2D eigenvalue weighted by molar-refractivity contribution is 7.17. The molecule has 1 heterocycles. The Hall–Kier alpha value is -1.78. The van der Waals surface area contributed by atoms with E-state index in [9.17, 15) is 13.9 Å². The van der Waals surface area contributed by atoms with Crippen LogP contribution < -0.4 is 0 Å². The molecule has 3 aromatic rings. The van der Waals surface area contributed by atoms with Gasteiger partial charge in [-0.25, -0.2) is 8.78 Å². The normalized spacial score (nSPS) is 13.0. The van der Waals surface area contributed by atoms with E-state index in [1.165, 1.54) is 12.1 Å². The van der Waals surface area contributed by atoms with Crippen molar-refractivity contribution in [2.75, 3.05) is 0 Å². The first kappa shape index (κ1) is 13.2. The second-order valence-electron chi connectivity index (χ2n) is 4.56. The van der Waals surface area contributed by atoms with Crippen LogP contribution in [0.3, 0.4) is 0 Å². The molecule has 1 aromatic heterocycles. The van der Waals surface area contributed by atoms with Gasteiger partial charge in [0.05, 0.1) is 0 Å². The van der Waals surface area contributed by atoms with Gasteiger partial charge in [0, 0.05) is 15.8 Å². The summed E-state index contributed by atoms with van der Waals surface area (Å²) in [5.41, 5.74) is 1.40. The summed E-state index contributed by atoms with van der Waals surface area (Å²) in [4.78, 5) is 0. The Morgan fingerprint density at radius 1 is 0.900 bits per heavy atom. The van der Waals surface area contributed by atoms with E-state index in [-0.39, 0.29) is 5.56 Å². The molecule has 0 radical (unpaired) electrons. The van der Waals surface area contributed by atoms with Crippen LogP contribution in [0, 0.1) is 0 Å². The van der Waals surface area contributed by atoms with Crippen LogP contribution in [0.25, 0.3) is 10.1 Å². The molecule has 0 spiro atoms. The van der Waals surface area contributed by atoms with E-state index in [4.69, 9.17) is 0 Å². The van der Waals surface area contributed by atoms with Gasteiger partial charge < -0.3 is 5.11 Å². The minimum Gasteiger partial charge on any atom is -0.384 e. The number of rotatable bonds is 3. The highest BCUT2D eigenvalue weighted by Crippen LogP contribution is 2.32. The van der Waals surface area contributed by atoms with Crippen molar-refractivity contribution in [2.24, 2.45) is 0 Å². The van der Waals surface area contributed by atoms with Gasteiger partial charge in [-0.05, 0) is 22.4 Å². The van der Waals surface area contributed by atoms with E-state index < -0.39 is 12.5 Å². The first-order valence-electron chi connectivity index (χ1n) is 6.19. The van der Waals surface area contributed by atoms with E-state index in [0.29, 0.717) is 5.56 Å². The lowest BCUT2D eigenvalue weighted by atomic mass is 9.99. The molecule has 1 unspecified atom stereocenters. The third-order valence-corrected chi connectivity index (χ3v) is 4.29. The van der Waals surface area contributed by atoms with Crippen molar-refractivity contribution in [3.8, 4) is 0 Å². The molecule has 0 aliphatic carbocycles. The summed E-state index contributed by atoms with van der Waals surface area (Å²) in [6.45, 7) is 0. The van der Waals surface area contributed by atoms with Gasteiger partial charge in [0.1, 0.15) is 6.10 Å². The second kappa shape index (κ2) is 5.31. The lowest BCUT2D eigenvalue weighted by Gasteiger charge is -2.13. The smallest absolute Gasteiger partial charge is 0.263 e. The maximum atomic E-state index is 12.5. The molecule has 1 atom stereocenters. The van der Waals surface area contributed by atoms with Gasteiger partial charge in [-0.3, -0.25) is 0 Å². The van der Waals surface area contributed by atoms with Gasteiger partial charge in [0.25, 0.3) is 6.43 Å². The lowest BCUT2D eigenvalue weighted by molar-refractivity contribution is 0.151. The van der Waals surface area contributed by atoms with E-state index in [2.05, 4.69) is 0 Å². The first-order valence-corrected chi connectivity index (χ1v) is 7.07. The molecule has 3 rings (SSSR count). The van der Waals surface area contributed by atoms with Crippen molar-refractivity contribution in [1.29, 1.82) is 0 Å². The average Bonchev–Trinajstić information content (AvgIpc) is 2.95. The summed E-state index contributed by atoms with van der Waals surface area (Å²) in [5.74, 6) is 0. The van der Waals surface area contributed by atoms with Gasteiger partial charge in [-0.1, -0.05) is 42.5 Å². The Morgan fingerprint density at radius 3 is 2.30 bits per heavy atom. The molecule has 0 aliphatic rings. The fraction of sp³-hybridized carbons (Fsp3) is 0.125. The fourth-order valence-electron chi connectivity index (χ4n) is 2.23. The Bertz CT molecular complexity index is 719. The lowest BCUT2D eigenvalue weighted by Crippen LogP contribution is -2.00. The molecular formula is C16H12F2OS. The number of thiophene rings is 1. The van der Waals surface area contributed by atoms with E-state index >= 15 is 0 Å². The summed E-state index contributed by atoms with van der Waals surface area (Å²) in [6.07, 6.45) is -3.29. The molecule has 20 heavy (non-hydrogen) atoms. The number of benzene rings is 2. The summed E-state index contributed by atoms with van der Waals surface area (Å²) in [5, 5.41) is 13.5. The Morgan fingerprint density at radius 2 is 1.60 bits per heavy atom. The maximum absolute atomic E-state index is 12.5. The van der Waals surface area contributed by atoms with Crippen molar-refractivity contribution in [3.63, 3.8) is 0 Å². The molecule has 0 saturated heterocycles. The number of fused-ring (bicyclic) bond motifs is 1. The van der Waals surface area contributed by atoms with Crippen LogP contribution in [0.1, 0.15) is 29.2 Å². The fourth-order valence-corrected chi connectivity index (χ4v) is 3.17. The zero-order chi connectivity index (χ0) is 14.1. The number of hydrogen-bond donors (Lipinski definition) is 1. The molecule has 102 valence electrons. The Kier molecular flexibility index (Phi) is 3.51. The average molecular weight is 290 g/mol. The van der Waals surface area contributed by atoms with Crippen LogP contribution in [-0.2, 0) is 0 Å². The largest absolute Gasteiger partial charge is 0.384 e. The van der Waals surface area contributed by atoms with Gasteiger partial charge in [-0.15, -0.1) is 11.3 Å². The summed E-state index contributed by atoms with van der Waals surface area (Å²) >= 11 is 1.56. The quantitative estimate of drug-likeness (QED) is 0.726. The van der Waals surface area contributed by atoms with Crippen molar-refractivity contribution in [2.45, 2.75) is 12.5 Å². The van der Waals surface area contributed by atoms with Crippen LogP contribution in [0.5, 0.6) is 0 Å². The van der Waals surface area contributed by atoms with Crippen LogP contribution >= 0.6 is 11.3 Å². The monoisotopic (exact) mass is 290 g/mol. The molecule has 0 fully saturated rings. The van der Waals surface area contributed by atoms with E-state index in [1.807, 2.05) is 29.6 Å². The van der Waals surface area contributed by atoms with Crippen LogP contribution in [-0.4, -0.2) is 5.11 Å². The molecule has 1 N–H and O–H groups in total. The highest BCUT2D eigenvalue weighted by atomic mass is 32.1. The number of aliphatic hydroxyl groups excluding tert-OH is 1. The summed E-state index contributed by atoms with van der Waals surface area (Å²) in [7, 11) is 0. The SMILES string of the molecule is OC(c1ccc(C(F)F)cc1)c1cccc2ccsc12. The number of halogens is 2. The molecular weight excluding hydrogens is 278 g/mol. The van der Waals surface area contributed by atoms with Crippen molar-refractivity contribution in [1.82, 2.24) is 0 Å². The van der Waals surface area contributed by atoms with Crippen LogP contribution in [0.2, 0.25) is 0 Å².